The van der Waals surface area contributed by atoms with Gasteiger partial charge in [-0.15, -0.1) is 0 Å². The average molecular weight is 157 g/mol. The molecule has 1 unspecified atom stereocenters. The van der Waals surface area contributed by atoms with Crippen molar-refractivity contribution >= 4 is 11.9 Å². The lowest BCUT2D eigenvalue weighted by Crippen LogP contribution is -2.49. The molecule has 4 nitrogen and oxygen atoms in total. The van der Waals surface area contributed by atoms with Crippen LogP contribution in [0.4, 0.5) is 4.79 Å². The molecular formula is C7H11NO3. The van der Waals surface area contributed by atoms with Crippen molar-refractivity contribution in [3.05, 3.63) is 0 Å². The van der Waals surface area contributed by atoms with Gasteiger partial charge in [-0.2, -0.15) is 0 Å². The number of Topliss-reactive ketones (excluding diaryl/α,β-unsaturated/α-hetero) is 1. The van der Waals surface area contributed by atoms with Crippen molar-refractivity contribution < 1.29 is 14.3 Å². The van der Waals surface area contributed by atoms with Gasteiger partial charge in [0.15, 0.2) is 0 Å². The van der Waals surface area contributed by atoms with Crippen LogP contribution in [0.2, 0.25) is 0 Å². The van der Waals surface area contributed by atoms with Crippen LogP contribution in [0.3, 0.4) is 0 Å². The summed E-state index contributed by atoms with van der Waals surface area (Å²) in [6.45, 7) is 3.84. The Kier molecular flexibility index (Phi) is 1.85. The minimum atomic E-state index is -0.534. The molecule has 0 saturated carbocycles. The summed E-state index contributed by atoms with van der Waals surface area (Å²) >= 11 is 0. The van der Waals surface area contributed by atoms with Crippen molar-refractivity contribution in [1.29, 1.82) is 0 Å². The van der Waals surface area contributed by atoms with E-state index >= 15 is 0 Å². The van der Waals surface area contributed by atoms with Gasteiger partial charge in [-0.3, -0.25) is 4.79 Å². The van der Waals surface area contributed by atoms with Crippen molar-refractivity contribution in [3.63, 3.8) is 0 Å². The Balaban J connectivity index is 2.62. The highest BCUT2D eigenvalue weighted by Crippen LogP contribution is 2.19. The first-order valence-corrected chi connectivity index (χ1v) is 3.46. The van der Waals surface area contributed by atoms with Gasteiger partial charge in [-0.05, 0) is 13.8 Å². The SMILES string of the molecule is CC(=O)C1(C)CNC(=O)OC1. The summed E-state index contributed by atoms with van der Waals surface area (Å²) in [5, 5.41) is 2.47. The predicted molar refractivity (Wildman–Crippen MR) is 38.1 cm³/mol. The van der Waals surface area contributed by atoms with Gasteiger partial charge in [0, 0.05) is 6.54 Å². The number of carbonyl (C=O) groups is 2. The molecule has 4 heteroatoms. The Bertz CT molecular complexity index is 190. The van der Waals surface area contributed by atoms with Crippen LogP contribution < -0.4 is 5.32 Å². The van der Waals surface area contributed by atoms with Gasteiger partial charge < -0.3 is 10.1 Å². The van der Waals surface area contributed by atoms with E-state index in [1.165, 1.54) is 6.92 Å². The number of rotatable bonds is 1. The van der Waals surface area contributed by atoms with Crippen molar-refractivity contribution in [2.24, 2.45) is 5.41 Å². The Morgan fingerprint density at radius 3 is 2.73 bits per heavy atom. The number of hydrogen-bond donors (Lipinski definition) is 1. The van der Waals surface area contributed by atoms with Gasteiger partial charge in [0.25, 0.3) is 0 Å². The van der Waals surface area contributed by atoms with Crippen LogP contribution in [-0.2, 0) is 9.53 Å². The summed E-state index contributed by atoms with van der Waals surface area (Å²) in [6, 6.07) is 0. The highest BCUT2D eigenvalue weighted by atomic mass is 16.6. The van der Waals surface area contributed by atoms with Crippen molar-refractivity contribution in [2.75, 3.05) is 13.2 Å². The van der Waals surface area contributed by atoms with E-state index in [0.717, 1.165) is 0 Å². The third-order valence-corrected chi connectivity index (χ3v) is 1.99. The minimum Gasteiger partial charge on any atom is -0.448 e. The molecule has 0 aromatic rings. The van der Waals surface area contributed by atoms with Gasteiger partial charge in [0.2, 0.25) is 0 Å². The lowest BCUT2D eigenvalue weighted by Gasteiger charge is -2.30. The number of alkyl carbamates (subject to hydrolysis) is 1. The zero-order chi connectivity index (χ0) is 8.48. The smallest absolute Gasteiger partial charge is 0.407 e. The van der Waals surface area contributed by atoms with Gasteiger partial charge in [0.1, 0.15) is 12.4 Å². The Labute approximate surface area is 64.9 Å². The zero-order valence-electron chi connectivity index (χ0n) is 6.64. The van der Waals surface area contributed by atoms with Crippen LogP contribution in [0.15, 0.2) is 0 Å². The monoisotopic (exact) mass is 157 g/mol. The van der Waals surface area contributed by atoms with E-state index < -0.39 is 11.5 Å². The second kappa shape index (κ2) is 2.53. The first-order valence-electron chi connectivity index (χ1n) is 3.46. The maximum atomic E-state index is 11.0. The van der Waals surface area contributed by atoms with Crippen LogP contribution in [0, 0.1) is 5.41 Å². The molecule has 0 radical (unpaired) electrons. The number of ether oxygens (including phenoxy) is 1. The maximum Gasteiger partial charge on any atom is 0.407 e. The van der Waals surface area contributed by atoms with Crippen LogP contribution in [0.25, 0.3) is 0 Å². The zero-order valence-corrected chi connectivity index (χ0v) is 6.64. The maximum absolute atomic E-state index is 11.0. The summed E-state index contributed by atoms with van der Waals surface area (Å²) < 4.78 is 4.68. The number of carbonyl (C=O) groups excluding carboxylic acids is 2. The van der Waals surface area contributed by atoms with Crippen LogP contribution in [0.1, 0.15) is 13.8 Å². The molecule has 1 heterocycles. The molecule has 1 fully saturated rings. The van der Waals surface area contributed by atoms with Crippen LogP contribution in [0.5, 0.6) is 0 Å². The number of nitrogens with one attached hydrogen (secondary N) is 1. The molecule has 0 spiro atoms. The largest absolute Gasteiger partial charge is 0.448 e. The summed E-state index contributed by atoms with van der Waals surface area (Å²) in [4.78, 5) is 21.5. The van der Waals surface area contributed by atoms with E-state index in [1.807, 2.05) is 0 Å². The normalized spacial score (nSPS) is 30.5. The van der Waals surface area contributed by atoms with E-state index in [4.69, 9.17) is 0 Å². The van der Waals surface area contributed by atoms with E-state index in [-0.39, 0.29) is 12.4 Å². The Morgan fingerprint density at radius 1 is 1.73 bits per heavy atom. The molecule has 11 heavy (non-hydrogen) atoms. The van der Waals surface area contributed by atoms with Crippen LogP contribution >= 0.6 is 0 Å². The van der Waals surface area contributed by atoms with E-state index in [0.29, 0.717) is 6.54 Å². The molecule has 0 aliphatic carbocycles. The molecule has 0 aromatic heterocycles. The second-order valence-electron chi connectivity index (χ2n) is 3.05. The quantitative estimate of drug-likeness (QED) is 0.596. The molecule has 62 valence electrons. The van der Waals surface area contributed by atoms with Gasteiger partial charge in [-0.1, -0.05) is 0 Å². The molecule has 0 aromatic carbocycles. The third kappa shape index (κ3) is 1.50. The molecule has 1 atom stereocenters. The van der Waals surface area contributed by atoms with E-state index in [2.05, 4.69) is 10.1 Å². The van der Waals surface area contributed by atoms with Gasteiger partial charge in [-0.25, -0.2) is 4.79 Å². The highest BCUT2D eigenvalue weighted by molar-refractivity contribution is 5.84. The first kappa shape index (κ1) is 8.04. The van der Waals surface area contributed by atoms with E-state index in [1.54, 1.807) is 6.92 Å². The van der Waals surface area contributed by atoms with E-state index in [9.17, 15) is 9.59 Å². The summed E-state index contributed by atoms with van der Waals surface area (Å²) in [5.41, 5.74) is -0.534. The molecule has 1 aliphatic rings. The topological polar surface area (TPSA) is 55.4 Å². The van der Waals surface area contributed by atoms with Gasteiger partial charge >= 0.3 is 6.09 Å². The molecule has 1 N–H and O–H groups in total. The summed E-state index contributed by atoms with van der Waals surface area (Å²) in [7, 11) is 0. The fourth-order valence-corrected chi connectivity index (χ4v) is 0.820. The standard InChI is InChI=1S/C7H11NO3/c1-5(9)7(2)3-8-6(10)11-4-7/h3-4H2,1-2H3,(H,8,10). The lowest BCUT2D eigenvalue weighted by atomic mass is 9.87. The number of amides is 1. The Morgan fingerprint density at radius 2 is 2.36 bits per heavy atom. The second-order valence-corrected chi connectivity index (χ2v) is 3.05. The summed E-state index contributed by atoms with van der Waals surface area (Å²) in [6.07, 6.45) is -0.441. The van der Waals surface area contributed by atoms with Crippen molar-refractivity contribution in [1.82, 2.24) is 5.32 Å². The average Bonchev–Trinajstić information content (AvgIpc) is 1.95. The lowest BCUT2D eigenvalue weighted by molar-refractivity contribution is -0.128. The number of hydrogen-bond acceptors (Lipinski definition) is 3. The fraction of sp³-hybridized carbons (Fsp3) is 0.714. The first-order chi connectivity index (χ1) is 5.04. The number of ketones is 1. The molecule has 1 rings (SSSR count). The summed E-state index contributed by atoms with van der Waals surface area (Å²) in [5.74, 6) is 0.0394. The third-order valence-electron chi connectivity index (χ3n) is 1.99. The number of cyclic esters (lactones) is 1. The molecule has 0 bridgehead atoms. The van der Waals surface area contributed by atoms with Crippen molar-refractivity contribution in [2.45, 2.75) is 13.8 Å². The van der Waals surface area contributed by atoms with Gasteiger partial charge in [0.05, 0.1) is 5.41 Å². The molecule has 1 amide bonds. The Hall–Kier alpha value is -1.06. The highest BCUT2D eigenvalue weighted by Gasteiger charge is 2.35. The fourth-order valence-electron chi connectivity index (χ4n) is 0.820. The molecule has 1 saturated heterocycles. The molecule has 1 aliphatic heterocycles. The van der Waals surface area contributed by atoms with Crippen LogP contribution in [-0.4, -0.2) is 25.0 Å². The predicted octanol–water partition coefficient (Wildman–Crippen LogP) is 0.321. The van der Waals surface area contributed by atoms with Crippen molar-refractivity contribution in [3.8, 4) is 0 Å². The minimum absolute atomic E-state index is 0.0394. The molecular weight excluding hydrogens is 146 g/mol.